The van der Waals surface area contributed by atoms with Gasteiger partial charge in [-0.15, -0.1) is 11.3 Å². The van der Waals surface area contributed by atoms with Crippen LogP contribution in [0.15, 0.2) is 6.07 Å². The van der Waals surface area contributed by atoms with Crippen LogP contribution in [0.5, 0.6) is 0 Å². The highest BCUT2D eigenvalue weighted by molar-refractivity contribution is 7.16. The van der Waals surface area contributed by atoms with Crippen LogP contribution in [-0.4, -0.2) is 6.41 Å². The third-order valence-corrected chi connectivity index (χ3v) is 3.25. The van der Waals surface area contributed by atoms with Gasteiger partial charge in [-0.25, -0.2) is 0 Å². The van der Waals surface area contributed by atoms with Crippen molar-refractivity contribution >= 4 is 22.7 Å². The Kier molecular flexibility index (Phi) is 4.85. The fourth-order valence-electron chi connectivity index (χ4n) is 1.36. The van der Waals surface area contributed by atoms with Gasteiger partial charge >= 0.3 is 0 Å². The van der Waals surface area contributed by atoms with E-state index in [0.717, 1.165) is 12.8 Å². The summed E-state index contributed by atoms with van der Waals surface area (Å²) in [6.45, 7) is 2.16. The molecule has 0 spiro atoms. The van der Waals surface area contributed by atoms with Gasteiger partial charge in [0.15, 0.2) is 0 Å². The van der Waals surface area contributed by atoms with E-state index in [1.54, 1.807) is 0 Å². The molecule has 0 radical (unpaired) electrons. The Morgan fingerprint density at radius 2 is 2.40 bits per heavy atom. The minimum atomic E-state index is 0.568. The van der Waals surface area contributed by atoms with Crippen LogP contribution >= 0.6 is 11.3 Å². The third-order valence-electron chi connectivity index (χ3n) is 2.12. The lowest BCUT2D eigenvalue weighted by molar-refractivity contribution is -0.105. The molecular weight excluding hydrogens is 208 g/mol. The molecule has 1 aromatic rings. The van der Waals surface area contributed by atoms with Crippen molar-refractivity contribution in [3.8, 4) is 6.07 Å². The van der Waals surface area contributed by atoms with Gasteiger partial charge < -0.3 is 5.32 Å². The normalized spacial score (nSPS) is 9.60. The molecule has 0 aliphatic carbocycles. The number of carbonyl (C=O) groups excluding carboxylic acids is 1. The molecule has 0 aliphatic rings. The Bertz CT molecular complexity index is 365. The van der Waals surface area contributed by atoms with Gasteiger partial charge in [-0.05, 0) is 18.9 Å². The number of unbranched alkanes of at least 4 members (excludes halogenated alkanes) is 2. The van der Waals surface area contributed by atoms with Crippen LogP contribution in [0.25, 0.3) is 0 Å². The number of rotatable bonds is 6. The monoisotopic (exact) mass is 222 g/mol. The number of nitriles is 1. The average Bonchev–Trinajstić information content (AvgIpc) is 2.62. The van der Waals surface area contributed by atoms with Crippen molar-refractivity contribution in [1.29, 1.82) is 5.26 Å². The molecule has 15 heavy (non-hydrogen) atoms. The van der Waals surface area contributed by atoms with Crippen LogP contribution in [-0.2, 0) is 11.2 Å². The maximum atomic E-state index is 10.3. The molecule has 3 nitrogen and oxygen atoms in total. The summed E-state index contributed by atoms with van der Waals surface area (Å²) in [5.41, 5.74) is 0.568. The second-order valence-corrected chi connectivity index (χ2v) is 4.42. The van der Waals surface area contributed by atoms with Gasteiger partial charge in [-0.2, -0.15) is 5.26 Å². The number of hydrogen-bond donors (Lipinski definition) is 1. The number of thiophene rings is 1. The molecule has 1 heterocycles. The minimum Gasteiger partial charge on any atom is -0.319 e. The fourth-order valence-corrected chi connectivity index (χ4v) is 2.37. The number of carbonyl (C=O) groups is 1. The second kappa shape index (κ2) is 6.20. The van der Waals surface area contributed by atoms with E-state index in [9.17, 15) is 4.79 Å². The van der Waals surface area contributed by atoms with Crippen molar-refractivity contribution in [2.45, 2.75) is 32.6 Å². The van der Waals surface area contributed by atoms with E-state index in [1.165, 1.54) is 29.1 Å². The summed E-state index contributed by atoms with van der Waals surface area (Å²) in [6.07, 6.45) is 5.14. The lowest BCUT2D eigenvalue weighted by Crippen LogP contribution is -1.91. The van der Waals surface area contributed by atoms with Gasteiger partial charge in [0.25, 0.3) is 0 Å². The number of amides is 1. The predicted molar refractivity (Wildman–Crippen MR) is 61.9 cm³/mol. The first kappa shape index (κ1) is 11.7. The van der Waals surface area contributed by atoms with E-state index in [4.69, 9.17) is 5.26 Å². The van der Waals surface area contributed by atoms with Crippen LogP contribution in [0, 0.1) is 11.3 Å². The largest absolute Gasteiger partial charge is 0.319 e. The van der Waals surface area contributed by atoms with Gasteiger partial charge in [-0.1, -0.05) is 19.8 Å². The van der Waals surface area contributed by atoms with Gasteiger partial charge in [0.05, 0.1) is 5.56 Å². The van der Waals surface area contributed by atoms with Gasteiger partial charge in [-0.3, -0.25) is 4.79 Å². The summed E-state index contributed by atoms with van der Waals surface area (Å²) in [6, 6.07) is 3.95. The van der Waals surface area contributed by atoms with E-state index in [1.807, 2.05) is 6.07 Å². The summed E-state index contributed by atoms with van der Waals surface area (Å²) in [5.74, 6) is 0. The predicted octanol–water partition coefficient (Wildman–Crippen LogP) is 2.92. The molecule has 0 atom stereocenters. The van der Waals surface area contributed by atoms with E-state index in [2.05, 4.69) is 18.3 Å². The Hall–Kier alpha value is -1.34. The molecule has 0 bridgehead atoms. The van der Waals surface area contributed by atoms with Gasteiger partial charge in [0, 0.05) is 4.88 Å². The molecule has 0 aromatic carbocycles. The van der Waals surface area contributed by atoms with Gasteiger partial charge in [0.1, 0.15) is 11.1 Å². The maximum Gasteiger partial charge on any atom is 0.212 e. The smallest absolute Gasteiger partial charge is 0.212 e. The molecule has 4 heteroatoms. The van der Waals surface area contributed by atoms with E-state index in [0.29, 0.717) is 17.0 Å². The molecule has 0 saturated carbocycles. The quantitative estimate of drug-likeness (QED) is 0.594. The van der Waals surface area contributed by atoms with E-state index < -0.39 is 0 Å². The zero-order valence-corrected chi connectivity index (χ0v) is 9.56. The van der Waals surface area contributed by atoms with E-state index in [-0.39, 0.29) is 0 Å². The van der Waals surface area contributed by atoms with Crippen molar-refractivity contribution in [1.82, 2.24) is 0 Å². The molecule has 1 N–H and O–H groups in total. The van der Waals surface area contributed by atoms with Crippen LogP contribution in [0.1, 0.15) is 36.6 Å². The molecular formula is C11H14N2OS. The number of aryl methyl sites for hydroxylation is 1. The molecule has 0 aliphatic heterocycles. The molecule has 1 rings (SSSR count). The number of nitrogens with zero attached hydrogens (tertiary/aromatic N) is 1. The summed E-state index contributed by atoms with van der Waals surface area (Å²) < 4.78 is 0. The van der Waals surface area contributed by atoms with Crippen molar-refractivity contribution in [3.05, 3.63) is 16.5 Å². The highest BCUT2D eigenvalue weighted by atomic mass is 32.1. The summed E-state index contributed by atoms with van der Waals surface area (Å²) in [7, 11) is 0. The molecule has 0 fully saturated rings. The molecule has 1 amide bonds. The van der Waals surface area contributed by atoms with Crippen LogP contribution in [0.2, 0.25) is 0 Å². The zero-order chi connectivity index (χ0) is 11.1. The highest BCUT2D eigenvalue weighted by Crippen LogP contribution is 2.28. The first-order valence-electron chi connectivity index (χ1n) is 5.04. The topological polar surface area (TPSA) is 52.9 Å². The summed E-state index contributed by atoms with van der Waals surface area (Å²) in [5, 5.41) is 12.0. The SMILES string of the molecule is CCCCCc1cc(C#N)c(NC=O)s1. The summed E-state index contributed by atoms with van der Waals surface area (Å²) >= 11 is 1.49. The van der Waals surface area contributed by atoms with Crippen molar-refractivity contribution in [3.63, 3.8) is 0 Å². The lowest BCUT2D eigenvalue weighted by atomic mass is 10.2. The number of hydrogen-bond acceptors (Lipinski definition) is 3. The lowest BCUT2D eigenvalue weighted by Gasteiger charge is -1.94. The molecule has 0 unspecified atom stereocenters. The Morgan fingerprint density at radius 1 is 1.60 bits per heavy atom. The standard InChI is InChI=1S/C11H14N2OS/c1-2-3-4-5-10-6-9(7-12)11(15-10)13-8-14/h6,8H,2-5H2,1H3,(H,13,14). The fraction of sp³-hybridized carbons (Fsp3) is 0.455. The Labute approximate surface area is 93.7 Å². The molecule has 0 saturated heterocycles. The highest BCUT2D eigenvalue weighted by Gasteiger charge is 2.07. The minimum absolute atomic E-state index is 0.568. The first-order chi connectivity index (χ1) is 7.31. The van der Waals surface area contributed by atoms with Gasteiger partial charge in [0.2, 0.25) is 6.41 Å². The van der Waals surface area contributed by atoms with Crippen LogP contribution in [0.3, 0.4) is 0 Å². The molecule has 1 aromatic heterocycles. The number of nitrogens with one attached hydrogen (secondary N) is 1. The number of anilines is 1. The summed E-state index contributed by atoms with van der Waals surface area (Å²) in [4.78, 5) is 11.5. The molecule has 80 valence electrons. The first-order valence-corrected chi connectivity index (χ1v) is 5.86. The van der Waals surface area contributed by atoms with Crippen LogP contribution < -0.4 is 5.32 Å². The third kappa shape index (κ3) is 3.37. The van der Waals surface area contributed by atoms with Crippen molar-refractivity contribution in [2.24, 2.45) is 0 Å². The Balaban J connectivity index is 2.66. The average molecular weight is 222 g/mol. The van der Waals surface area contributed by atoms with Crippen molar-refractivity contribution < 1.29 is 4.79 Å². The van der Waals surface area contributed by atoms with E-state index >= 15 is 0 Å². The maximum absolute atomic E-state index is 10.3. The zero-order valence-electron chi connectivity index (χ0n) is 8.75. The van der Waals surface area contributed by atoms with Crippen LogP contribution in [0.4, 0.5) is 5.00 Å². The van der Waals surface area contributed by atoms with Crippen molar-refractivity contribution in [2.75, 3.05) is 5.32 Å². The second-order valence-electron chi connectivity index (χ2n) is 3.29. The Morgan fingerprint density at radius 3 is 3.00 bits per heavy atom.